The van der Waals surface area contributed by atoms with Crippen LogP contribution in [0.4, 0.5) is 0 Å². The summed E-state index contributed by atoms with van der Waals surface area (Å²) >= 11 is 4.10. The van der Waals surface area contributed by atoms with Crippen LogP contribution in [0, 0.1) is 0 Å². The van der Waals surface area contributed by atoms with Crippen molar-refractivity contribution in [2.24, 2.45) is 0 Å². The molecule has 0 aromatic carbocycles. The zero-order chi connectivity index (χ0) is 8.74. The molecule has 0 heterocycles. The summed E-state index contributed by atoms with van der Waals surface area (Å²) in [6.07, 6.45) is 0. The number of phosphoric ester groups is 1. The lowest BCUT2D eigenvalue weighted by Gasteiger charge is -2.09. The van der Waals surface area contributed by atoms with Crippen LogP contribution in [0.2, 0.25) is 0 Å². The van der Waals surface area contributed by atoms with Crippen LogP contribution in [0.5, 0.6) is 0 Å². The summed E-state index contributed by atoms with van der Waals surface area (Å²) in [7, 11) is -3.74. The molecule has 0 radical (unpaired) electrons. The van der Waals surface area contributed by atoms with Crippen molar-refractivity contribution in [1.29, 1.82) is 0 Å². The molecule has 4 nitrogen and oxygen atoms in total. The van der Waals surface area contributed by atoms with E-state index in [1.165, 1.54) is 0 Å². The molecule has 0 bridgehead atoms. The highest BCUT2D eigenvalue weighted by molar-refractivity contribution is 14.1. The van der Waals surface area contributed by atoms with Gasteiger partial charge in [-0.05, 0) is 0 Å². The summed E-state index contributed by atoms with van der Waals surface area (Å²) in [5.41, 5.74) is 0. The first-order chi connectivity index (χ1) is 5.12. The molecule has 0 rings (SSSR count). The van der Waals surface area contributed by atoms with Gasteiger partial charge in [-0.2, -0.15) is 0 Å². The first kappa shape index (κ1) is 12.6. The SMILES string of the molecule is O=P(O)(OCCI)OCCI. The van der Waals surface area contributed by atoms with Gasteiger partial charge in [-0.15, -0.1) is 0 Å². The number of halogens is 2. The quantitative estimate of drug-likeness (QED) is 0.417. The smallest absolute Gasteiger partial charge is 0.302 e. The van der Waals surface area contributed by atoms with Crippen molar-refractivity contribution in [3.05, 3.63) is 0 Å². The Morgan fingerprint density at radius 3 is 1.82 bits per heavy atom. The monoisotopic (exact) mass is 406 g/mol. The second kappa shape index (κ2) is 7.02. The topological polar surface area (TPSA) is 55.8 Å². The molecule has 7 heteroatoms. The molecule has 0 aliphatic rings. The average Bonchev–Trinajstić information content (AvgIpc) is 1.97. The number of rotatable bonds is 6. The normalized spacial score (nSPS) is 11.9. The standard InChI is InChI=1S/C4H9I2O4P/c5-1-3-9-11(7,8)10-4-2-6/h1-4H2,(H,7,8). The Morgan fingerprint density at radius 1 is 1.18 bits per heavy atom. The fourth-order valence-electron chi connectivity index (χ4n) is 0.337. The molecule has 0 aromatic heterocycles. The number of hydrogen-bond acceptors (Lipinski definition) is 3. The van der Waals surface area contributed by atoms with E-state index in [9.17, 15) is 4.57 Å². The molecule has 0 atom stereocenters. The molecule has 0 saturated carbocycles. The average molecular weight is 406 g/mol. The summed E-state index contributed by atoms with van der Waals surface area (Å²) in [6, 6.07) is 0. The molecule has 0 aromatic rings. The van der Waals surface area contributed by atoms with Crippen molar-refractivity contribution in [3.8, 4) is 0 Å². The van der Waals surface area contributed by atoms with Crippen LogP contribution in [0.1, 0.15) is 0 Å². The van der Waals surface area contributed by atoms with Gasteiger partial charge >= 0.3 is 7.82 Å². The van der Waals surface area contributed by atoms with Crippen LogP contribution in [-0.2, 0) is 13.6 Å². The highest BCUT2D eigenvalue weighted by Gasteiger charge is 2.19. The third kappa shape index (κ3) is 7.92. The second-order valence-electron chi connectivity index (χ2n) is 1.51. The van der Waals surface area contributed by atoms with Gasteiger partial charge in [0.15, 0.2) is 0 Å². The van der Waals surface area contributed by atoms with Crippen molar-refractivity contribution >= 4 is 53.0 Å². The fraction of sp³-hybridized carbons (Fsp3) is 1.00. The predicted octanol–water partition coefficient (Wildman–Crippen LogP) is 1.99. The zero-order valence-electron chi connectivity index (χ0n) is 5.70. The van der Waals surface area contributed by atoms with Gasteiger partial charge in [-0.3, -0.25) is 9.05 Å². The second-order valence-corrected chi connectivity index (χ2v) is 5.12. The van der Waals surface area contributed by atoms with Gasteiger partial charge in [0.05, 0.1) is 13.2 Å². The molecule has 11 heavy (non-hydrogen) atoms. The number of phosphoric acid groups is 1. The van der Waals surface area contributed by atoms with Gasteiger partial charge in [0, 0.05) is 8.86 Å². The summed E-state index contributed by atoms with van der Waals surface area (Å²) in [6.45, 7) is 0.491. The van der Waals surface area contributed by atoms with Crippen molar-refractivity contribution in [2.45, 2.75) is 0 Å². The van der Waals surface area contributed by atoms with E-state index in [1.54, 1.807) is 0 Å². The maximum Gasteiger partial charge on any atom is 0.472 e. The third-order valence-electron chi connectivity index (χ3n) is 0.663. The van der Waals surface area contributed by atoms with Gasteiger partial charge in [0.1, 0.15) is 0 Å². The number of hydrogen-bond donors (Lipinski definition) is 1. The lowest BCUT2D eigenvalue weighted by atomic mass is 10.9. The summed E-state index contributed by atoms with van der Waals surface area (Å²) in [5, 5.41) is 0. The van der Waals surface area contributed by atoms with Crippen molar-refractivity contribution in [1.82, 2.24) is 0 Å². The lowest BCUT2D eigenvalue weighted by molar-refractivity contribution is 0.165. The fourth-order valence-corrected chi connectivity index (χ4v) is 2.19. The van der Waals surface area contributed by atoms with Crippen LogP contribution in [0.25, 0.3) is 0 Å². The Labute approximate surface area is 92.9 Å². The molecule has 0 unspecified atom stereocenters. The van der Waals surface area contributed by atoms with Crippen LogP contribution in [0.3, 0.4) is 0 Å². The van der Waals surface area contributed by atoms with E-state index in [4.69, 9.17) is 4.89 Å². The minimum atomic E-state index is -3.74. The Balaban J connectivity index is 3.53. The molecular weight excluding hydrogens is 397 g/mol. The van der Waals surface area contributed by atoms with Gasteiger partial charge in [0.2, 0.25) is 0 Å². The van der Waals surface area contributed by atoms with Crippen LogP contribution >= 0.6 is 53.0 Å². The van der Waals surface area contributed by atoms with Gasteiger partial charge in [-0.25, -0.2) is 4.57 Å². The van der Waals surface area contributed by atoms with E-state index in [1.807, 2.05) is 0 Å². The summed E-state index contributed by atoms with van der Waals surface area (Å²) < 4.78 is 21.3. The molecule has 1 N–H and O–H groups in total. The highest BCUT2D eigenvalue weighted by atomic mass is 127. The Kier molecular flexibility index (Phi) is 8.02. The van der Waals surface area contributed by atoms with Gasteiger partial charge < -0.3 is 4.89 Å². The molecule has 0 fully saturated rings. The molecule has 0 amide bonds. The lowest BCUT2D eigenvalue weighted by Crippen LogP contribution is -1.99. The number of alkyl halides is 2. The maximum absolute atomic E-state index is 10.8. The Bertz CT molecular complexity index is 130. The van der Waals surface area contributed by atoms with E-state index in [2.05, 4.69) is 54.2 Å². The van der Waals surface area contributed by atoms with E-state index in [-0.39, 0.29) is 13.2 Å². The molecule has 0 aliphatic heterocycles. The van der Waals surface area contributed by atoms with Gasteiger partial charge in [0.25, 0.3) is 0 Å². The van der Waals surface area contributed by atoms with E-state index < -0.39 is 7.82 Å². The van der Waals surface area contributed by atoms with Crippen molar-refractivity contribution < 1.29 is 18.5 Å². The largest absolute Gasteiger partial charge is 0.472 e. The van der Waals surface area contributed by atoms with E-state index >= 15 is 0 Å². The van der Waals surface area contributed by atoms with Crippen molar-refractivity contribution in [2.75, 3.05) is 22.1 Å². The minimum Gasteiger partial charge on any atom is -0.302 e. The predicted molar refractivity (Wildman–Crippen MR) is 59.5 cm³/mol. The minimum absolute atomic E-state index is 0.246. The van der Waals surface area contributed by atoms with Crippen LogP contribution in [-0.4, -0.2) is 27.0 Å². The zero-order valence-corrected chi connectivity index (χ0v) is 10.9. The van der Waals surface area contributed by atoms with Gasteiger partial charge in [-0.1, -0.05) is 45.2 Å². The van der Waals surface area contributed by atoms with E-state index in [0.717, 1.165) is 0 Å². The molecule has 0 spiro atoms. The van der Waals surface area contributed by atoms with Crippen LogP contribution < -0.4 is 0 Å². The third-order valence-corrected chi connectivity index (χ3v) is 2.56. The molecule has 68 valence electrons. The maximum atomic E-state index is 10.8. The first-order valence-electron chi connectivity index (χ1n) is 2.86. The van der Waals surface area contributed by atoms with Crippen molar-refractivity contribution in [3.63, 3.8) is 0 Å². The van der Waals surface area contributed by atoms with E-state index in [0.29, 0.717) is 8.86 Å². The first-order valence-corrected chi connectivity index (χ1v) is 7.41. The molecule has 0 aliphatic carbocycles. The Morgan fingerprint density at radius 2 is 1.55 bits per heavy atom. The summed E-state index contributed by atoms with van der Waals surface area (Å²) in [4.78, 5) is 8.88. The Hall–Kier alpha value is 1.57. The van der Waals surface area contributed by atoms with Crippen LogP contribution in [0.15, 0.2) is 0 Å². The highest BCUT2D eigenvalue weighted by Crippen LogP contribution is 2.42. The molecular formula is C4H9I2O4P. The molecule has 0 saturated heterocycles. The summed E-state index contributed by atoms with van der Waals surface area (Å²) in [5.74, 6) is 0.